The molecule has 17 heavy (non-hydrogen) atoms. The summed E-state index contributed by atoms with van der Waals surface area (Å²) in [5, 5.41) is 2.51. The van der Waals surface area contributed by atoms with Gasteiger partial charge < -0.3 is 19.6 Å². The van der Waals surface area contributed by atoms with Gasteiger partial charge in [0.05, 0.1) is 12.6 Å². The first-order valence-electron chi connectivity index (χ1n) is 5.45. The lowest BCUT2D eigenvalue weighted by Gasteiger charge is -2.28. The van der Waals surface area contributed by atoms with E-state index in [0.29, 0.717) is 12.7 Å². The largest absolute Gasteiger partial charge is 0.465 e. The predicted octanol–water partition coefficient (Wildman–Crippen LogP) is 0.642. The molecule has 1 amide bonds. The monoisotopic (exact) mass is 243 g/mol. The number of esters is 1. The molecule has 1 aliphatic heterocycles. The third kappa shape index (κ3) is 4.05. The zero-order chi connectivity index (χ0) is 13.1. The standard InChI is InChI=1S/C11H17NO5/c1-11(2,3)17-10(15)12-8-4-5-16-9(14)7(8)6-13/h6-8H,4-5H2,1-3H3,(H,12,15). The molecule has 0 bridgehead atoms. The molecule has 6 heteroatoms. The van der Waals surface area contributed by atoms with Crippen molar-refractivity contribution in [3.63, 3.8) is 0 Å². The number of cyclic esters (lactones) is 1. The number of nitrogens with one attached hydrogen (secondary N) is 1. The summed E-state index contributed by atoms with van der Waals surface area (Å²) in [4.78, 5) is 33.5. The van der Waals surface area contributed by atoms with Crippen molar-refractivity contribution in [1.29, 1.82) is 0 Å². The summed E-state index contributed by atoms with van der Waals surface area (Å²) in [6.07, 6.45) is 0.266. The number of hydrogen-bond donors (Lipinski definition) is 1. The minimum Gasteiger partial charge on any atom is -0.465 e. The molecule has 1 saturated heterocycles. The van der Waals surface area contributed by atoms with Crippen molar-refractivity contribution >= 4 is 18.3 Å². The van der Waals surface area contributed by atoms with E-state index in [9.17, 15) is 14.4 Å². The van der Waals surface area contributed by atoms with Crippen LogP contribution in [0, 0.1) is 5.92 Å². The van der Waals surface area contributed by atoms with Crippen molar-refractivity contribution in [2.24, 2.45) is 5.92 Å². The Morgan fingerprint density at radius 2 is 2.18 bits per heavy atom. The molecular formula is C11H17NO5. The molecule has 96 valence electrons. The summed E-state index contributed by atoms with van der Waals surface area (Å²) in [6, 6.07) is -0.552. The Labute approximate surface area is 99.6 Å². The molecule has 0 saturated carbocycles. The maximum Gasteiger partial charge on any atom is 0.407 e. The Morgan fingerprint density at radius 1 is 1.53 bits per heavy atom. The molecule has 1 fully saturated rings. The first-order chi connectivity index (χ1) is 7.83. The van der Waals surface area contributed by atoms with Crippen LogP contribution in [0.5, 0.6) is 0 Å². The van der Waals surface area contributed by atoms with Gasteiger partial charge in [0, 0.05) is 6.42 Å². The molecular weight excluding hydrogens is 226 g/mol. The van der Waals surface area contributed by atoms with Gasteiger partial charge in [-0.05, 0) is 20.8 Å². The van der Waals surface area contributed by atoms with Crippen molar-refractivity contribution in [3.8, 4) is 0 Å². The van der Waals surface area contributed by atoms with Crippen LogP contribution in [0.1, 0.15) is 27.2 Å². The van der Waals surface area contributed by atoms with Crippen molar-refractivity contribution in [3.05, 3.63) is 0 Å². The predicted molar refractivity (Wildman–Crippen MR) is 58.3 cm³/mol. The number of aldehydes is 1. The van der Waals surface area contributed by atoms with Crippen molar-refractivity contribution in [2.75, 3.05) is 6.61 Å². The van der Waals surface area contributed by atoms with E-state index in [-0.39, 0.29) is 6.61 Å². The Balaban J connectivity index is 2.57. The summed E-state index contributed by atoms with van der Waals surface area (Å²) in [5.41, 5.74) is -0.615. The fourth-order valence-corrected chi connectivity index (χ4v) is 1.50. The summed E-state index contributed by atoms with van der Waals surface area (Å²) >= 11 is 0. The van der Waals surface area contributed by atoms with Crippen LogP contribution < -0.4 is 5.32 Å². The molecule has 0 radical (unpaired) electrons. The summed E-state index contributed by atoms with van der Waals surface area (Å²) in [7, 11) is 0. The first-order valence-corrected chi connectivity index (χ1v) is 5.45. The quantitative estimate of drug-likeness (QED) is 0.437. The molecule has 0 aliphatic carbocycles. The van der Waals surface area contributed by atoms with Crippen LogP contribution in [0.4, 0.5) is 4.79 Å². The van der Waals surface area contributed by atoms with E-state index in [1.54, 1.807) is 20.8 Å². The van der Waals surface area contributed by atoms with Gasteiger partial charge in [0.25, 0.3) is 0 Å². The number of carbonyl (C=O) groups excluding carboxylic acids is 3. The molecule has 0 spiro atoms. The van der Waals surface area contributed by atoms with Crippen LogP contribution in [0.15, 0.2) is 0 Å². The highest BCUT2D eigenvalue weighted by atomic mass is 16.6. The van der Waals surface area contributed by atoms with Crippen molar-refractivity contribution in [1.82, 2.24) is 5.32 Å². The fraction of sp³-hybridized carbons (Fsp3) is 0.727. The Bertz CT molecular complexity index is 320. The zero-order valence-electron chi connectivity index (χ0n) is 10.2. The second-order valence-electron chi connectivity index (χ2n) is 4.87. The van der Waals surface area contributed by atoms with Crippen LogP contribution in [0.2, 0.25) is 0 Å². The van der Waals surface area contributed by atoms with E-state index in [0.717, 1.165) is 0 Å². The third-order valence-corrected chi connectivity index (χ3v) is 2.23. The molecule has 1 rings (SSSR count). The van der Waals surface area contributed by atoms with Gasteiger partial charge in [-0.25, -0.2) is 4.79 Å². The van der Waals surface area contributed by atoms with Crippen molar-refractivity contribution in [2.45, 2.75) is 38.8 Å². The van der Waals surface area contributed by atoms with Gasteiger partial charge in [-0.1, -0.05) is 0 Å². The smallest absolute Gasteiger partial charge is 0.407 e. The Kier molecular flexibility index (Phi) is 4.09. The van der Waals surface area contributed by atoms with Crippen LogP contribution >= 0.6 is 0 Å². The van der Waals surface area contributed by atoms with E-state index in [2.05, 4.69) is 5.32 Å². The first kappa shape index (κ1) is 13.5. The number of ether oxygens (including phenoxy) is 2. The average molecular weight is 243 g/mol. The second-order valence-corrected chi connectivity index (χ2v) is 4.87. The minimum absolute atomic E-state index is 0.198. The van der Waals surface area contributed by atoms with E-state index in [4.69, 9.17) is 9.47 Å². The van der Waals surface area contributed by atoms with Gasteiger partial charge in [0.2, 0.25) is 0 Å². The van der Waals surface area contributed by atoms with Gasteiger partial charge in [0.1, 0.15) is 17.8 Å². The van der Waals surface area contributed by atoms with Gasteiger partial charge in [0.15, 0.2) is 0 Å². The zero-order valence-corrected chi connectivity index (χ0v) is 10.2. The van der Waals surface area contributed by atoms with Gasteiger partial charge in [-0.2, -0.15) is 0 Å². The summed E-state index contributed by atoms with van der Waals surface area (Å²) in [5.74, 6) is -1.55. The average Bonchev–Trinajstić information content (AvgIpc) is 2.14. The number of carbonyl (C=O) groups is 3. The second kappa shape index (κ2) is 5.16. The molecule has 6 nitrogen and oxygen atoms in total. The minimum atomic E-state index is -0.948. The van der Waals surface area contributed by atoms with Crippen LogP contribution in [-0.2, 0) is 19.1 Å². The Morgan fingerprint density at radius 3 is 2.71 bits per heavy atom. The lowest BCUT2D eigenvalue weighted by molar-refractivity contribution is -0.155. The molecule has 1 N–H and O–H groups in total. The molecule has 0 aromatic rings. The highest BCUT2D eigenvalue weighted by Crippen LogP contribution is 2.15. The Hall–Kier alpha value is -1.59. The van der Waals surface area contributed by atoms with Gasteiger partial charge in [-0.15, -0.1) is 0 Å². The normalized spacial score (nSPS) is 24.8. The van der Waals surface area contributed by atoms with Crippen LogP contribution in [-0.4, -0.2) is 36.6 Å². The number of alkyl carbamates (subject to hydrolysis) is 1. The van der Waals surface area contributed by atoms with E-state index in [1.807, 2.05) is 0 Å². The third-order valence-electron chi connectivity index (χ3n) is 2.23. The molecule has 2 atom stereocenters. The lowest BCUT2D eigenvalue weighted by atomic mass is 9.97. The van der Waals surface area contributed by atoms with E-state index in [1.165, 1.54) is 0 Å². The maximum absolute atomic E-state index is 11.5. The van der Waals surface area contributed by atoms with E-state index < -0.39 is 29.6 Å². The highest BCUT2D eigenvalue weighted by Gasteiger charge is 2.35. The SMILES string of the molecule is CC(C)(C)OC(=O)NC1CCOC(=O)C1C=O. The topological polar surface area (TPSA) is 81.7 Å². The van der Waals surface area contributed by atoms with Gasteiger partial charge >= 0.3 is 12.1 Å². The number of hydrogen-bond acceptors (Lipinski definition) is 5. The van der Waals surface area contributed by atoms with Crippen LogP contribution in [0.25, 0.3) is 0 Å². The molecule has 0 aromatic heterocycles. The maximum atomic E-state index is 11.5. The molecule has 1 aliphatic rings. The van der Waals surface area contributed by atoms with Crippen LogP contribution in [0.3, 0.4) is 0 Å². The number of rotatable bonds is 2. The molecule has 2 unspecified atom stereocenters. The molecule has 1 heterocycles. The molecule has 0 aromatic carbocycles. The van der Waals surface area contributed by atoms with E-state index >= 15 is 0 Å². The summed E-state index contributed by atoms with van der Waals surface area (Å²) in [6.45, 7) is 5.40. The van der Waals surface area contributed by atoms with Gasteiger partial charge in [-0.3, -0.25) is 4.79 Å². The highest BCUT2D eigenvalue weighted by molar-refractivity contribution is 5.90. The van der Waals surface area contributed by atoms with Crippen molar-refractivity contribution < 1.29 is 23.9 Å². The number of amides is 1. The fourth-order valence-electron chi connectivity index (χ4n) is 1.50. The lowest BCUT2D eigenvalue weighted by Crippen LogP contribution is -2.49. The summed E-state index contributed by atoms with van der Waals surface area (Å²) < 4.78 is 9.78.